The van der Waals surface area contributed by atoms with Gasteiger partial charge in [-0.15, -0.1) is 0 Å². The second kappa shape index (κ2) is 7.55. The highest BCUT2D eigenvalue weighted by Crippen LogP contribution is 2.16. The summed E-state index contributed by atoms with van der Waals surface area (Å²) in [7, 11) is 1.57. The third-order valence-corrected chi connectivity index (χ3v) is 2.45. The van der Waals surface area contributed by atoms with Crippen LogP contribution in [0.3, 0.4) is 0 Å². The highest BCUT2D eigenvalue weighted by molar-refractivity contribution is 5.89. The molecule has 0 heterocycles. The van der Waals surface area contributed by atoms with Gasteiger partial charge in [-0.3, -0.25) is 0 Å². The first kappa shape index (κ1) is 14.3. The quantitative estimate of drug-likeness (QED) is 0.725. The Morgan fingerprint density at radius 3 is 2.94 bits per heavy atom. The summed E-state index contributed by atoms with van der Waals surface area (Å²) >= 11 is 0. The molecule has 0 saturated carbocycles. The Labute approximate surface area is 107 Å². The van der Waals surface area contributed by atoms with Gasteiger partial charge in [0, 0.05) is 18.3 Å². The standard InChI is InChI=1S/C13H20N2O3/c1-3-5-11(16)9-14-13(17)15-10-6-4-7-12(8-10)18-2/h4,6-8,11,16H,3,5,9H2,1-2H3,(H2,14,15,17). The number of nitrogens with one attached hydrogen (secondary N) is 2. The number of hydrogen-bond donors (Lipinski definition) is 3. The van der Waals surface area contributed by atoms with Gasteiger partial charge in [0.25, 0.3) is 0 Å². The van der Waals surface area contributed by atoms with E-state index in [9.17, 15) is 9.90 Å². The van der Waals surface area contributed by atoms with E-state index in [4.69, 9.17) is 4.74 Å². The van der Waals surface area contributed by atoms with E-state index < -0.39 is 6.10 Å². The lowest BCUT2D eigenvalue weighted by atomic mass is 10.2. The van der Waals surface area contributed by atoms with Crippen molar-refractivity contribution in [3.05, 3.63) is 24.3 Å². The minimum Gasteiger partial charge on any atom is -0.497 e. The molecule has 0 aliphatic heterocycles. The molecule has 1 rings (SSSR count). The van der Waals surface area contributed by atoms with Crippen LogP contribution in [-0.4, -0.2) is 30.9 Å². The predicted molar refractivity (Wildman–Crippen MR) is 70.9 cm³/mol. The molecule has 0 aromatic heterocycles. The number of hydrogen-bond acceptors (Lipinski definition) is 3. The van der Waals surface area contributed by atoms with Crippen LogP contribution in [0.5, 0.6) is 5.75 Å². The summed E-state index contributed by atoms with van der Waals surface area (Å²) in [4.78, 5) is 11.5. The lowest BCUT2D eigenvalue weighted by molar-refractivity contribution is 0.162. The molecule has 0 aliphatic carbocycles. The van der Waals surface area contributed by atoms with Gasteiger partial charge in [0.1, 0.15) is 5.75 Å². The molecule has 0 aliphatic rings. The molecule has 3 N–H and O–H groups in total. The molecule has 2 amide bonds. The molecular formula is C13H20N2O3. The van der Waals surface area contributed by atoms with Gasteiger partial charge in [0.15, 0.2) is 0 Å². The zero-order valence-electron chi connectivity index (χ0n) is 10.8. The van der Waals surface area contributed by atoms with Crippen LogP contribution in [0.25, 0.3) is 0 Å². The van der Waals surface area contributed by atoms with Crippen molar-refractivity contribution < 1.29 is 14.6 Å². The zero-order valence-corrected chi connectivity index (χ0v) is 10.8. The number of carbonyl (C=O) groups excluding carboxylic acids is 1. The zero-order chi connectivity index (χ0) is 13.4. The fraction of sp³-hybridized carbons (Fsp3) is 0.462. The molecule has 18 heavy (non-hydrogen) atoms. The van der Waals surface area contributed by atoms with Crippen LogP contribution in [-0.2, 0) is 0 Å². The first-order valence-corrected chi connectivity index (χ1v) is 6.02. The minimum atomic E-state index is -0.494. The average molecular weight is 252 g/mol. The Kier molecular flexibility index (Phi) is 6.00. The fourth-order valence-electron chi connectivity index (χ4n) is 1.52. The van der Waals surface area contributed by atoms with E-state index in [0.29, 0.717) is 17.9 Å². The summed E-state index contributed by atoms with van der Waals surface area (Å²) in [6.45, 7) is 2.24. The van der Waals surface area contributed by atoms with Gasteiger partial charge in [-0.2, -0.15) is 0 Å². The number of carbonyl (C=O) groups is 1. The van der Waals surface area contributed by atoms with E-state index in [-0.39, 0.29) is 12.6 Å². The van der Waals surface area contributed by atoms with Crippen molar-refractivity contribution in [2.24, 2.45) is 0 Å². The first-order valence-electron chi connectivity index (χ1n) is 6.02. The number of rotatable bonds is 6. The maximum atomic E-state index is 11.5. The van der Waals surface area contributed by atoms with Crippen LogP contribution < -0.4 is 15.4 Å². The van der Waals surface area contributed by atoms with Crippen LogP contribution in [0.4, 0.5) is 10.5 Å². The number of amides is 2. The summed E-state index contributed by atoms with van der Waals surface area (Å²) < 4.78 is 5.05. The van der Waals surface area contributed by atoms with Crippen LogP contribution in [0.1, 0.15) is 19.8 Å². The molecule has 100 valence electrons. The minimum absolute atomic E-state index is 0.254. The molecule has 1 unspecified atom stereocenters. The maximum absolute atomic E-state index is 11.5. The van der Waals surface area contributed by atoms with Crippen LogP contribution in [0.15, 0.2) is 24.3 Å². The summed E-state index contributed by atoms with van der Waals surface area (Å²) in [5.74, 6) is 0.679. The third-order valence-electron chi connectivity index (χ3n) is 2.45. The Bertz CT molecular complexity index is 382. The third kappa shape index (κ3) is 5.05. The number of methoxy groups -OCH3 is 1. The molecule has 1 aromatic rings. The number of ether oxygens (including phenoxy) is 1. The van der Waals surface area contributed by atoms with Crippen molar-refractivity contribution in [1.29, 1.82) is 0 Å². The van der Waals surface area contributed by atoms with Crippen molar-refractivity contribution in [2.75, 3.05) is 19.0 Å². The van der Waals surface area contributed by atoms with E-state index in [0.717, 1.165) is 6.42 Å². The molecule has 1 aromatic carbocycles. The number of aliphatic hydroxyl groups excluding tert-OH is 1. The summed E-state index contributed by atoms with van der Waals surface area (Å²) in [6.07, 6.45) is 1.07. The van der Waals surface area contributed by atoms with Crippen molar-refractivity contribution in [3.63, 3.8) is 0 Å². The number of urea groups is 1. The Morgan fingerprint density at radius 2 is 2.28 bits per heavy atom. The van der Waals surface area contributed by atoms with Gasteiger partial charge in [-0.1, -0.05) is 19.4 Å². The van der Waals surface area contributed by atoms with E-state index in [1.165, 1.54) is 0 Å². The maximum Gasteiger partial charge on any atom is 0.319 e. The largest absolute Gasteiger partial charge is 0.497 e. The lowest BCUT2D eigenvalue weighted by Gasteiger charge is -2.12. The highest BCUT2D eigenvalue weighted by Gasteiger charge is 2.06. The second-order valence-corrected chi connectivity index (χ2v) is 4.01. The second-order valence-electron chi connectivity index (χ2n) is 4.01. The Balaban J connectivity index is 2.39. The molecular weight excluding hydrogens is 232 g/mol. The van der Waals surface area contributed by atoms with Crippen molar-refractivity contribution in [3.8, 4) is 5.75 Å². The van der Waals surface area contributed by atoms with Crippen molar-refractivity contribution in [1.82, 2.24) is 5.32 Å². The summed E-state index contributed by atoms with van der Waals surface area (Å²) in [5.41, 5.74) is 0.650. The number of aliphatic hydroxyl groups is 1. The van der Waals surface area contributed by atoms with Crippen LogP contribution in [0.2, 0.25) is 0 Å². The molecule has 5 heteroatoms. The van der Waals surface area contributed by atoms with Gasteiger partial charge in [-0.05, 0) is 18.6 Å². The van der Waals surface area contributed by atoms with Crippen molar-refractivity contribution in [2.45, 2.75) is 25.9 Å². The molecule has 0 spiro atoms. The lowest BCUT2D eigenvalue weighted by Crippen LogP contribution is -2.35. The molecule has 0 saturated heterocycles. The van der Waals surface area contributed by atoms with E-state index in [2.05, 4.69) is 10.6 Å². The summed E-state index contributed by atoms with van der Waals surface area (Å²) in [6, 6.07) is 6.75. The molecule has 0 bridgehead atoms. The smallest absolute Gasteiger partial charge is 0.319 e. The van der Waals surface area contributed by atoms with Gasteiger partial charge in [-0.25, -0.2) is 4.79 Å². The van der Waals surface area contributed by atoms with Gasteiger partial charge >= 0.3 is 6.03 Å². The van der Waals surface area contributed by atoms with E-state index in [1.54, 1.807) is 31.4 Å². The van der Waals surface area contributed by atoms with Gasteiger partial charge in [0.05, 0.1) is 13.2 Å². The van der Waals surface area contributed by atoms with Crippen molar-refractivity contribution >= 4 is 11.7 Å². The Morgan fingerprint density at radius 1 is 1.50 bits per heavy atom. The monoisotopic (exact) mass is 252 g/mol. The van der Waals surface area contributed by atoms with Crippen LogP contribution >= 0.6 is 0 Å². The fourth-order valence-corrected chi connectivity index (χ4v) is 1.52. The Hall–Kier alpha value is -1.75. The number of anilines is 1. The molecule has 1 atom stereocenters. The topological polar surface area (TPSA) is 70.6 Å². The predicted octanol–water partition coefficient (Wildman–Crippen LogP) is 1.98. The molecule has 0 radical (unpaired) electrons. The van der Waals surface area contributed by atoms with Crippen LogP contribution in [0, 0.1) is 0 Å². The van der Waals surface area contributed by atoms with E-state index in [1.807, 2.05) is 6.92 Å². The molecule has 5 nitrogen and oxygen atoms in total. The molecule has 0 fully saturated rings. The van der Waals surface area contributed by atoms with Gasteiger partial charge in [0.2, 0.25) is 0 Å². The highest BCUT2D eigenvalue weighted by atomic mass is 16.5. The average Bonchev–Trinajstić information content (AvgIpc) is 2.37. The number of benzene rings is 1. The normalized spacial score (nSPS) is 11.7. The SMILES string of the molecule is CCCC(O)CNC(=O)Nc1cccc(OC)c1. The van der Waals surface area contributed by atoms with E-state index >= 15 is 0 Å². The first-order chi connectivity index (χ1) is 8.65. The summed E-state index contributed by atoms with van der Waals surface area (Å²) in [5, 5.41) is 14.8. The van der Waals surface area contributed by atoms with Gasteiger partial charge < -0.3 is 20.5 Å².